The SMILES string of the molecule is Cc1nnc(-c2c(C)[nH]c(C)c2S(=O)(=O)NC(C)c2ccccc2)o1. The first kappa shape index (κ1) is 17.4. The van der Waals surface area contributed by atoms with Gasteiger partial charge < -0.3 is 9.40 Å². The Kier molecular flexibility index (Phi) is 4.49. The Hall–Kier alpha value is -2.45. The van der Waals surface area contributed by atoms with Crippen molar-refractivity contribution in [3.05, 3.63) is 53.2 Å². The Balaban J connectivity index is 2.03. The highest BCUT2D eigenvalue weighted by Crippen LogP contribution is 2.33. The minimum Gasteiger partial charge on any atom is -0.421 e. The molecular weight excluding hydrogens is 340 g/mol. The van der Waals surface area contributed by atoms with Crippen LogP contribution in [0.4, 0.5) is 0 Å². The van der Waals surface area contributed by atoms with Crippen molar-refractivity contribution in [3.8, 4) is 11.5 Å². The number of nitrogens with one attached hydrogen (secondary N) is 2. The molecule has 132 valence electrons. The van der Waals surface area contributed by atoms with Gasteiger partial charge in [-0.15, -0.1) is 10.2 Å². The fourth-order valence-corrected chi connectivity index (χ4v) is 4.53. The molecule has 0 bridgehead atoms. The van der Waals surface area contributed by atoms with E-state index >= 15 is 0 Å². The monoisotopic (exact) mass is 360 g/mol. The summed E-state index contributed by atoms with van der Waals surface area (Å²) in [5.74, 6) is 0.564. The van der Waals surface area contributed by atoms with Gasteiger partial charge in [-0.25, -0.2) is 13.1 Å². The Morgan fingerprint density at radius 1 is 1.08 bits per heavy atom. The van der Waals surface area contributed by atoms with Crippen molar-refractivity contribution in [1.29, 1.82) is 0 Å². The molecule has 25 heavy (non-hydrogen) atoms. The number of hydrogen-bond acceptors (Lipinski definition) is 5. The van der Waals surface area contributed by atoms with Gasteiger partial charge in [-0.1, -0.05) is 30.3 Å². The topological polar surface area (TPSA) is 101 Å². The lowest BCUT2D eigenvalue weighted by molar-refractivity contribution is 0.530. The lowest BCUT2D eigenvalue weighted by Crippen LogP contribution is -2.27. The molecule has 1 aromatic carbocycles. The third-order valence-electron chi connectivity index (χ3n) is 3.96. The van der Waals surface area contributed by atoms with Gasteiger partial charge in [0.2, 0.25) is 15.9 Å². The summed E-state index contributed by atoms with van der Waals surface area (Å²) in [4.78, 5) is 3.19. The number of nitrogens with zero attached hydrogens (tertiary/aromatic N) is 2. The molecule has 0 amide bonds. The normalized spacial score (nSPS) is 13.1. The summed E-state index contributed by atoms with van der Waals surface area (Å²) in [7, 11) is -3.80. The first-order valence-electron chi connectivity index (χ1n) is 7.86. The summed E-state index contributed by atoms with van der Waals surface area (Å²) in [6.07, 6.45) is 0. The predicted molar refractivity (Wildman–Crippen MR) is 93.5 cm³/mol. The second-order valence-electron chi connectivity index (χ2n) is 5.96. The van der Waals surface area contributed by atoms with Crippen molar-refractivity contribution in [2.24, 2.45) is 0 Å². The molecular formula is C17H20N4O3S. The smallest absolute Gasteiger partial charge is 0.250 e. The lowest BCUT2D eigenvalue weighted by Gasteiger charge is -2.15. The fraction of sp³-hybridized carbons (Fsp3) is 0.294. The average Bonchev–Trinajstić information content (AvgIpc) is 3.10. The lowest BCUT2D eigenvalue weighted by atomic mass is 10.1. The molecule has 1 unspecified atom stereocenters. The van der Waals surface area contributed by atoms with Crippen LogP contribution in [0.25, 0.3) is 11.5 Å². The van der Waals surface area contributed by atoms with Crippen LogP contribution < -0.4 is 4.72 Å². The van der Waals surface area contributed by atoms with Gasteiger partial charge in [-0.2, -0.15) is 0 Å². The van der Waals surface area contributed by atoms with Gasteiger partial charge in [-0.3, -0.25) is 0 Å². The number of aromatic amines is 1. The van der Waals surface area contributed by atoms with Crippen molar-refractivity contribution >= 4 is 10.0 Å². The Morgan fingerprint density at radius 3 is 2.36 bits per heavy atom. The summed E-state index contributed by atoms with van der Waals surface area (Å²) in [6, 6.07) is 9.02. The number of rotatable bonds is 5. The first-order chi connectivity index (χ1) is 11.8. The number of benzene rings is 1. The van der Waals surface area contributed by atoms with Crippen molar-refractivity contribution in [1.82, 2.24) is 19.9 Å². The van der Waals surface area contributed by atoms with Gasteiger partial charge in [0.05, 0.1) is 5.56 Å². The van der Waals surface area contributed by atoms with Crippen LogP contribution in [0.1, 0.15) is 35.8 Å². The van der Waals surface area contributed by atoms with Gasteiger partial charge in [0.15, 0.2) is 0 Å². The van der Waals surface area contributed by atoms with Crippen LogP contribution in [0.3, 0.4) is 0 Å². The number of aryl methyl sites for hydroxylation is 3. The summed E-state index contributed by atoms with van der Waals surface area (Å²) >= 11 is 0. The van der Waals surface area contributed by atoms with E-state index in [-0.39, 0.29) is 16.8 Å². The molecule has 0 saturated carbocycles. The van der Waals surface area contributed by atoms with Gasteiger partial charge in [-0.05, 0) is 26.3 Å². The molecule has 2 heterocycles. The summed E-state index contributed by atoms with van der Waals surface area (Å²) in [5.41, 5.74) is 2.47. The first-order valence-corrected chi connectivity index (χ1v) is 9.35. The maximum atomic E-state index is 13.0. The van der Waals surface area contributed by atoms with Gasteiger partial charge in [0.1, 0.15) is 4.90 Å². The minimum atomic E-state index is -3.80. The van der Waals surface area contributed by atoms with Crippen LogP contribution in [0.5, 0.6) is 0 Å². The summed E-state index contributed by atoms with van der Waals surface area (Å²) < 4.78 is 34.2. The molecule has 1 atom stereocenters. The van der Waals surface area contributed by atoms with E-state index in [1.54, 1.807) is 27.7 Å². The molecule has 3 rings (SSSR count). The molecule has 0 radical (unpaired) electrons. The molecule has 0 aliphatic carbocycles. The highest BCUT2D eigenvalue weighted by atomic mass is 32.2. The fourth-order valence-electron chi connectivity index (χ4n) is 2.85. The van der Waals surface area contributed by atoms with E-state index in [0.29, 0.717) is 22.8 Å². The Labute approximate surface area is 146 Å². The maximum absolute atomic E-state index is 13.0. The van der Waals surface area contributed by atoms with Crippen LogP contribution in [0.15, 0.2) is 39.6 Å². The van der Waals surface area contributed by atoms with Crippen LogP contribution in [-0.2, 0) is 10.0 Å². The molecule has 2 aromatic heterocycles. The van der Waals surface area contributed by atoms with E-state index < -0.39 is 10.0 Å². The largest absolute Gasteiger partial charge is 0.421 e. The van der Waals surface area contributed by atoms with Crippen LogP contribution in [0, 0.1) is 20.8 Å². The van der Waals surface area contributed by atoms with Crippen molar-refractivity contribution < 1.29 is 12.8 Å². The Morgan fingerprint density at radius 2 is 1.76 bits per heavy atom. The number of hydrogen-bond donors (Lipinski definition) is 2. The number of aromatic nitrogens is 3. The molecule has 7 nitrogen and oxygen atoms in total. The molecule has 0 fully saturated rings. The predicted octanol–water partition coefficient (Wildman–Crippen LogP) is 3.03. The maximum Gasteiger partial charge on any atom is 0.250 e. The van der Waals surface area contributed by atoms with E-state index in [1.807, 2.05) is 30.3 Å². The van der Waals surface area contributed by atoms with Gasteiger partial charge in [0, 0.05) is 24.4 Å². The molecule has 3 aromatic rings. The van der Waals surface area contributed by atoms with Crippen LogP contribution in [-0.4, -0.2) is 23.6 Å². The van der Waals surface area contributed by atoms with E-state index in [9.17, 15) is 8.42 Å². The quantitative estimate of drug-likeness (QED) is 0.728. The Bertz CT molecular complexity index is 990. The van der Waals surface area contributed by atoms with Crippen molar-refractivity contribution in [2.75, 3.05) is 0 Å². The molecule has 0 saturated heterocycles. The van der Waals surface area contributed by atoms with Crippen molar-refractivity contribution in [3.63, 3.8) is 0 Å². The zero-order chi connectivity index (χ0) is 18.2. The molecule has 0 aliphatic rings. The number of H-pyrrole nitrogens is 1. The standard InChI is InChI=1S/C17H20N4O3S/c1-10(14-8-6-5-7-9-14)21-25(22,23)16-12(3)18-11(2)15(16)17-20-19-13(4)24-17/h5-10,18,21H,1-4H3. The van der Waals surface area contributed by atoms with E-state index in [1.165, 1.54) is 0 Å². The second-order valence-corrected chi connectivity index (χ2v) is 7.61. The molecule has 2 N–H and O–H groups in total. The molecule has 8 heteroatoms. The van der Waals surface area contributed by atoms with Gasteiger partial charge >= 0.3 is 0 Å². The summed E-state index contributed by atoms with van der Waals surface area (Å²) in [6.45, 7) is 6.95. The molecule has 0 spiro atoms. The van der Waals surface area contributed by atoms with Crippen molar-refractivity contribution in [2.45, 2.75) is 38.6 Å². The highest BCUT2D eigenvalue weighted by molar-refractivity contribution is 7.89. The molecule has 0 aliphatic heterocycles. The average molecular weight is 360 g/mol. The van der Waals surface area contributed by atoms with E-state index in [2.05, 4.69) is 19.9 Å². The van der Waals surface area contributed by atoms with E-state index in [4.69, 9.17) is 4.42 Å². The number of sulfonamides is 1. The highest BCUT2D eigenvalue weighted by Gasteiger charge is 2.30. The second kappa shape index (κ2) is 6.45. The van der Waals surface area contributed by atoms with Gasteiger partial charge in [0.25, 0.3) is 5.89 Å². The summed E-state index contributed by atoms with van der Waals surface area (Å²) in [5, 5.41) is 7.77. The van der Waals surface area contributed by atoms with Crippen LogP contribution >= 0.6 is 0 Å². The minimum absolute atomic E-state index is 0.136. The zero-order valence-electron chi connectivity index (χ0n) is 14.5. The van der Waals surface area contributed by atoms with E-state index in [0.717, 1.165) is 5.56 Å². The zero-order valence-corrected chi connectivity index (χ0v) is 15.3. The van der Waals surface area contributed by atoms with Crippen LogP contribution in [0.2, 0.25) is 0 Å². The third-order valence-corrected chi connectivity index (χ3v) is 5.67. The third kappa shape index (κ3) is 3.35.